The van der Waals surface area contributed by atoms with Gasteiger partial charge in [0.15, 0.2) is 0 Å². The van der Waals surface area contributed by atoms with Gasteiger partial charge in [0.05, 0.1) is 12.5 Å². The highest BCUT2D eigenvalue weighted by molar-refractivity contribution is 6.05. The lowest BCUT2D eigenvalue weighted by Gasteiger charge is -2.32. The molecule has 2 aromatic rings. The first kappa shape index (κ1) is 18.9. The molecule has 0 spiro atoms. The molecule has 5 rings (SSSR count). The topological polar surface area (TPSA) is 75.7 Å². The van der Waals surface area contributed by atoms with Gasteiger partial charge in [0, 0.05) is 30.0 Å². The third-order valence-corrected chi connectivity index (χ3v) is 6.70. The number of benzene rings is 2. The maximum absolute atomic E-state index is 13.4. The van der Waals surface area contributed by atoms with Gasteiger partial charge in [0.1, 0.15) is 6.04 Å². The van der Waals surface area contributed by atoms with E-state index < -0.39 is 12.0 Å². The highest BCUT2D eigenvalue weighted by Crippen LogP contribution is 2.49. The second-order valence-electron chi connectivity index (χ2n) is 8.23. The molecule has 0 bridgehead atoms. The van der Waals surface area contributed by atoms with Gasteiger partial charge in [0.25, 0.3) is 0 Å². The maximum Gasteiger partial charge on any atom is 0.310 e. The minimum Gasteiger partial charge on any atom is -0.466 e. The predicted octanol–water partition coefficient (Wildman–Crippen LogP) is 2.43. The summed E-state index contributed by atoms with van der Waals surface area (Å²) in [5.41, 5.74) is 2.91. The molecule has 0 aromatic heterocycles. The Morgan fingerprint density at radius 2 is 1.80 bits per heavy atom. The van der Waals surface area contributed by atoms with Gasteiger partial charge in [0.2, 0.25) is 11.8 Å². The summed E-state index contributed by atoms with van der Waals surface area (Å²) in [6.45, 7) is 2.04. The van der Waals surface area contributed by atoms with Crippen LogP contribution < -0.4 is 10.2 Å². The Morgan fingerprint density at radius 3 is 2.57 bits per heavy atom. The van der Waals surface area contributed by atoms with E-state index in [1.807, 2.05) is 54.6 Å². The summed E-state index contributed by atoms with van der Waals surface area (Å²) in [7, 11) is 0. The minimum absolute atomic E-state index is 0.133. The molecule has 5 atom stereocenters. The highest BCUT2D eigenvalue weighted by Gasteiger charge is 2.59. The van der Waals surface area contributed by atoms with Crippen molar-refractivity contribution in [1.29, 1.82) is 0 Å². The Morgan fingerprint density at radius 1 is 1.07 bits per heavy atom. The number of para-hydroxylation sites is 1. The number of carbonyl (C=O) groups is 3. The van der Waals surface area contributed by atoms with Crippen molar-refractivity contribution in [3.8, 4) is 0 Å². The van der Waals surface area contributed by atoms with Crippen LogP contribution in [0.1, 0.15) is 30.4 Å². The number of hydrogen-bond acceptors (Lipinski definition) is 4. The Bertz CT molecular complexity index is 1010. The summed E-state index contributed by atoms with van der Waals surface area (Å²) >= 11 is 0. The van der Waals surface area contributed by atoms with Gasteiger partial charge >= 0.3 is 5.97 Å². The molecule has 1 N–H and O–H groups in total. The van der Waals surface area contributed by atoms with Gasteiger partial charge in [-0.05, 0) is 30.5 Å². The number of fused-ring (bicyclic) bond motifs is 5. The van der Waals surface area contributed by atoms with Crippen molar-refractivity contribution >= 4 is 23.5 Å². The first-order chi connectivity index (χ1) is 14.6. The van der Waals surface area contributed by atoms with Crippen LogP contribution in [0.15, 0.2) is 54.6 Å². The number of ether oxygens (including phenoxy) is 1. The van der Waals surface area contributed by atoms with Crippen LogP contribution in [0.4, 0.5) is 5.69 Å². The average Bonchev–Trinajstić information content (AvgIpc) is 3.19. The molecule has 2 saturated heterocycles. The molecule has 6 nitrogen and oxygen atoms in total. The summed E-state index contributed by atoms with van der Waals surface area (Å²) in [6.07, 6.45) is 0.837. The predicted molar refractivity (Wildman–Crippen MR) is 111 cm³/mol. The lowest BCUT2D eigenvalue weighted by Crippen LogP contribution is -2.45. The summed E-state index contributed by atoms with van der Waals surface area (Å²) < 4.78 is 5.49. The smallest absolute Gasteiger partial charge is 0.310 e. The normalized spacial score (nSPS) is 29.5. The number of rotatable bonds is 3. The van der Waals surface area contributed by atoms with Gasteiger partial charge in [-0.25, -0.2) is 0 Å². The van der Waals surface area contributed by atoms with E-state index in [2.05, 4.69) is 5.32 Å². The van der Waals surface area contributed by atoms with Crippen molar-refractivity contribution in [3.63, 3.8) is 0 Å². The largest absolute Gasteiger partial charge is 0.466 e. The fourth-order valence-electron chi connectivity index (χ4n) is 5.56. The number of amides is 2. The van der Waals surface area contributed by atoms with E-state index in [1.165, 1.54) is 0 Å². The third kappa shape index (κ3) is 2.82. The molecule has 30 heavy (non-hydrogen) atoms. The van der Waals surface area contributed by atoms with Crippen LogP contribution in [-0.4, -0.2) is 36.5 Å². The van der Waals surface area contributed by atoms with Crippen molar-refractivity contribution < 1.29 is 19.1 Å². The quantitative estimate of drug-likeness (QED) is 0.798. The molecule has 2 amide bonds. The lowest BCUT2D eigenvalue weighted by molar-refractivity contribution is -0.151. The van der Waals surface area contributed by atoms with Crippen LogP contribution in [0.25, 0.3) is 0 Å². The molecule has 0 radical (unpaired) electrons. The number of nitrogens with one attached hydrogen (secondary N) is 1. The van der Waals surface area contributed by atoms with E-state index in [9.17, 15) is 14.4 Å². The molecular weight excluding hydrogens is 380 g/mol. The summed E-state index contributed by atoms with van der Waals surface area (Å²) in [5, 5.41) is 2.94. The monoisotopic (exact) mass is 404 g/mol. The first-order valence-electron chi connectivity index (χ1n) is 10.5. The third-order valence-electron chi connectivity index (χ3n) is 6.70. The van der Waals surface area contributed by atoms with Gasteiger partial charge in [-0.15, -0.1) is 0 Å². The zero-order valence-electron chi connectivity index (χ0n) is 16.8. The molecule has 3 heterocycles. The van der Waals surface area contributed by atoms with E-state index in [-0.39, 0.29) is 48.7 Å². The lowest BCUT2D eigenvalue weighted by atomic mass is 9.72. The SMILES string of the molecule is CCOC(=O)[C@@H]1[C@@H]2[C@@H](NC(=O)C[C@@H]1c1ccccc1)C(=O)N1c3ccccc3C[C@@H]21. The molecule has 6 heteroatoms. The number of carbonyl (C=O) groups excluding carboxylic acids is 3. The van der Waals surface area contributed by atoms with Crippen molar-refractivity contribution in [3.05, 3.63) is 65.7 Å². The Labute approximate surface area is 175 Å². The van der Waals surface area contributed by atoms with Crippen LogP contribution >= 0.6 is 0 Å². The number of nitrogens with zero attached hydrogens (tertiary/aromatic N) is 1. The number of anilines is 1. The number of esters is 1. The first-order valence-corrected chi connectivity index (χ1v) is 10.5. The van der Waals surface area contributed by atoms with Gasteiger partial charge in [-0.3, -0.25) is 14.4 Å². The van der Waals surface area contributed by atoms with Gasteiger partial charge < -0.3 is 15.0 Å². The van der Waals surface area contributed by atoms with Crippen LogP contribution in [0, 0.1) is 11.8 Å². The zero-order chi connectivity index (χ0) is 20.8. The molecule has 2 aromatic carbocycles. The minimum atomic E-state index is -0.709. The molecule has 0 saturated carbocycles. The van der Waals surface area contributed by atoms with Crippen LogP contribution in [0.3, 0.4) is 0 Å². The molecule has 3 aliphatic heterocycles. The summed E-state index contributed by atoms with van der Waals surface area (Å²) in [6, 6.07) is 16.6. The zero-order valence-corrected chi connectivity index (χ0v) is 16.8. The fourth-order valence-corrected chi connectivity index (χ4v) is 5.56. The maximum atomic E-state index is 13.4. The van der Waals surface area contributed by atoms with Gasteiger partial charge in [-0.2, -0.15) is 0 Å². The highest BCUT2D eigenvalue weighted by atomic mass is 16.5. The molecule has 0 unspecified atom stereocenters. The summed E-state index contributed by atoms with van der Waals surface area (Å²) in [5.74, 6) is -1.93. The number of hydrogen-bond donors (Lipinski definition) is 1. The molecule has 2 fully saturated rings. The Kier molecular flexibility index (Phi) is 4.57. The molecule has 3 aliphatic rings. The van der Waals surface area contributed by atoms with E-state index in [0.717, 1.165) is 16.8 Å². The van der Waals surface area contributed by atoms with E-state index >= 15 is 0 Å². The van der Waals surface area contributed by atoms with Crippen molar-refractivity contribution in [2.75, 3.05) is 11.5 Å². The Hall–Kier alpha value is -3.15. The van der Waals surface area contributed by atoms with E-state index in [0.29, 0.717) is 6.42 Å². The van der Waals surface area contributed by atoms with Crippen LogP contribution in [0.2, 0.25) is 0 Å². The van der Waals surface area contributed by atoms with Crippen LogP contribution in [0.5, 0.6) is 0 Å². The fraction of sp³-hybridized carbons (Fsp3) is 0.375. The molecular formula is C24H24N2O4. The van der Waals surface area contributed by atoms with Crippen molar-refractivity contribution in [2.45, 2.75) is 37.8 Å². The van der Waals surface area contributed by atoms with Gasteiger partial charge in [-0.1, -0.05) is 48.5 Å². The Balaban J connectivity index is 1.63. The average molecular weight is 404 g/mol. The van der Waals surface area contributed by atoms with Crippen molar-refractivity contribution in [2.24, 2.45) is 11.8 Å². The van der Waals surface area contributed by atoms with E-state index in [1.54, 1.807) is 11.8 Å². The molecule has 154 valence electrons. The molecule has 0 aliphatic carbocycles. The standard InChI is InChI=1S/C24H24N2O4/c1-2-30-24(29)20-16(14-8-4-3-5-9-14)13-19(27)25-22-21(20)18-12-15-10-6-7-11-17(15)26(18)23(22)28/h3-11,16,18,20-22H,2,12-13H2,1H3,(H,25,27)/t16-,18+,20+,21-,22-/m1/s1. The van der Waals surface area contributed by atoms with Crippen molar-refractivity contribution in [1.82, 2.24) is 5.32 Å². The second-order valence-corrected chi connectivity index (χ2v) is 8.23. The van der Waals surface area contributed by atoms with E-state index in [4.69, 9.17) is 4.74 Å². The van der Waals surface area contributed by atoms with Crippen LogP contribution in [-0.2, 0) is 25.5 Å². The summed E-state index contributed by atoms with van der Waals surface area (Å²) in [4.78, 5) is 41.3. The second kappa shape index (κ2) is 7.27.